The monoisotopic (exact) mass is 233 g/mol. The van der Waals surface area contributed by atoms with Gasteiger partial charge in [-0.2, -0.15) is 13.2 Å². The smallest absolute Gasteiger partial charge is 0.321 e. The molecule has 0 radical (unpaired) electrons. The zero-order valence-corrected chi connectivity index (χ0v) is 9.17. The van der Waals surface area contributed by atoms with E-state index >= 15 is 0 Å². The number of aryl methyl sites for hydroxylation is 1. The van der Waals surface area contributed by atoms with E-state index < -0.39 is 17.9 Å². The summed E-state index contributed by atoms with van der Waals surface area (Å²) >= 11 is 0. The Labute approximate surface area is 91.9 Å². The van der Waals surface area contributed by atoms with Crippen LogP contribution in [0.5, 0.6) is 0 Å². The van der Waals surface area contributed by atoms with Crippen LogP contribution in [0.4, 0.5) is 13.2 Å². The molecule has 90 valence electrons. The summed E-state index contributed by atoms with van der Waals surface area (Å²) in [6.07, 6.45) is -3.10. The topological polar surface area (TPSA) is 51.8 Å². The van der Waals surface area contributed by atoms with Crippen LogP contribution in [-0.2, 0) is 6.18 Å². The number of aromatic nitrogens is 2. The third-order valence-electron chi connectivity index (χ3n) is 2.09. The van der Waals surface area contributed by atoms with Crippen molar-refractivity contribution in [3.05, 3.63) is 23.3 Å². The number of hydrogen-bond donors (Lipinski definition) is 1. The Balaban J connectivity index is 3.08. The standard InChI is InChI=1S/C10H14F3N3/c1-3-4-7(14)9-15-6(2)5-8(16-9)10(11,12)13/h5,7H,3-4,14H2,1-2H3. The lowest BCUT2D eigenvalue weighted by molar-refractivity contribution is -0.141. The highest BCUT2D eigenvalue weighted by molar-refractivity contribution is 5.14. The molecular formula is C10H14F3N3. The molecule has 1 heterocycles. The van der Waals surface area contributed by atoms with Crippen LogP contribution in [0.2, 0.25) is 0 Å². The van der Waals surface area contributed by atoms with E-state index in [1.165, 1.54) is 6.92 Å². The normalized spacial score (nSPS) is 13.9. The first-order chi connectivity index (χ1) is 7.34. The molecule has 1 aromatic heterocycles. The van der Waals surface area contributed by atoms with Crippen LogP contribution < -0.4 is 5.73 Å². The lowest BCUT2D eigenvalue weighted by Crippen LogP contribution is -2.18. The van der Waals surface area contributed by atoms with E-state index in [1.54, 1.807) is 0 Å². The van der Waals surface area contributed by atoms with E-state index in [2.05, 4.69) is 9.97 Å². The molecule has 1 rings (SSSR count). The molecule has 0 saturated carbocycles. The quantitative estimate of drug-likeness (QED) is 0.873. The molecule has 2 N–H and O–H groups in total. The average Bonchev–Trinajstić information content (AvgIpc) is 2.16. The maximum Gasteiger partial charge on any atom is 0.433 e. The van der Waals surface area contributed by atoms with Crippen molar-refractivity contribution in [1.29, 1.82) is 0 Å². The van der Waals surface area contributed by atoms with Gasteiger partial charge in [0.15, 0.2) is 0 Å². The van der Waals surface area contributed by atoms with Crippen molar-refractivity contribution >= 4 is 0 Å². The predicted octanol–water partition coefficient (Wildman–Crippen LogP) is 2.60. The molecule has 0 aromatic carbocycles. The number of hydrogen-bond acceptors (Lipinski definition) is 3. The van der Waals surface area contributed by atoms with E-state index in [0.29, 0.717) is 6.42 Å². The van der Waals surface area contributed by atoms with Gasteiger partial charge in [-0.1, -0.05) is 13.3 Å². The van der Waals surface area contributed by atoms with E-state index in [0.717, 1.165) is 12.5 Å². The van der Waals surface area contributed by atoms with Gasteiger partial charge in [-0.25, -0.2) is 9.97 Å². The first-order valence-electron chi connectivity index (χ1n) is 5.03. The van der Waals surface area contributed by atoms with Gasteiger partial charge in [0.1, 0.15) is 11.5 Å². The van der Waals surface area contributed by atoms with E-state index in [1.807, 2.05) is 6.92 Å². The molecule has 16 heavy (non-hydrogen) atoms. The zero-order valence-electron chi connectivity index (χ0n) is 9.17. The van der Waals surface area contributed by atoms with Gasteiger partial charge in [-0.3, -0.25) is 0 Å². The Bertz CT molecular complexity index is 363. The second kappa shape index (κ2) is 4.78. The van der Waals surface area contributed by atoms with Crippen LogP contribution >= 0.6 is 0 Å². The maximum atomic E-state index is 12.5. The molecule has 0 saturated heterocycles. The van der Waals surface area contributed by atoms with Gasteiger partial charge in [0.25, 0.3) is 0 Å². The van der Waals surface area contributed by atoms with Gasteiger partial charge in [0.05, 0.1) is 6.04 Å². The number of rotatable bonds is 3. The second-order valence-corrected chi connectivity index (χ2v) is 3.65. The van der Waals surface area contributed by atoms with Crippen molar-refractivity contribution in [2.24, 2.45) is 5.73 Å². The van der Waals surface area contributed by atoms with Gasteiger partial charge in [0, 0.05) is 5.69 Å². The SMILES string of the molecule is CCCC(N)c1nc(C)cc(C(F)(F)F)n1. The van der Waals surface area contributed by atoms with Crippen molar-refractivity contribution in [2.45, 2.75) is 38.9 Å². The first-order valence-corrected chi connectivity index (χ1v) is 5.03. The molecular weight excluding hydrogens is 219 g/mol. The summed E-state index contributed by atoms with van der Waals surface area (Å²) in [5.74, 6) is 0.0641. The summed E-state index contributed by atoms with van der Waals surface area (Å²) < 4.78 is 37.4. The minimum Gasteiger partial charge on any atom is -0.321 e. The van der Waals surface area contributed by atoms with Crippen LogP contribution in [0.15, 0.2) is 6.07 Å². The molecule has 0 aliphatic carbocycles. The van der Waals surface area contributed by atoms with Crippen LogP contribution in [0.25, 0.3) is 0 Å². The zero-order chi connectivity index (χ0) is 12.3. The highest BCUT2D eigenvalue weighted by atomic mass is 19.4. The molecule has 0 aliphatic rings. The van der Waals surface area contributed by atoms with Gasteiger partial charge in [0.2, 0.25) is 0 Å². The van der Waals surface area contributed by atoms with Crippen molar-refractivity contribution in [1.82, 2.24) is 9.97 Å². The fourth-order valence-electron chi connectivity index (χ4n) is 1.34. The average molecular weight is 233 g/mol. The Morgan fingerprint density at radius 1 is 1.38 bits per heavy atom. The second-order valence-electron chi connectivity index (χ2n) is 3.65. The maximum absolute atomic E-state index is 12.5. The van der Waals surface area contributed by atoms with Crippen LogP contribution in [0, 0.1) is 6.92 Å². The van der Waals surface area contributed by atoms with Gasteiger partial charge >= 0.3 is 6.18 Å². The number of halogens is 3. The van der Waals surface area contributed by atoms with Gasteiger partial charge < -0.3 is 5.73 Å². The number of alkyl halides is 3. The molecule has 0 spiro atoms. The molecule has 3 nitrogen and oxygen atoms in total. The minimum atomic E-state index is -4.45. The van der Waals surface area contributed by atoms with E-state index in [9.17, 15) is 13.2 Å². The summed E-state index contributed by atoms with van der Waals surface area (Å²) in [6.45, 7) is 3.40. The Kier molecular flexibility index (Phi) is 3.85. The lowest BCUT2D eigenvalue weighted by atomic mass is 10.1. The van der Waals surface area contributed by atoms with Gasteiger partial charge in [-0.05, 0) is 19.4 Å². The molecule has 0 bridgehead atoms. The molecule has 0 aliphatic heterocycles. The Hall–Kier alpha value is -1.17. The molecule has 0 fully saturated rings. The van der Waals surface area contributed by atoms with Crippen LogP contribution in [-0.4, -0.2) is 9.97 Å². The number of nitrogens with two attached hydrogens (primary N) is 1. The Morgan fingerprint density at radius 3 is 2.50 bits per heavy atom. The van der Waals surface area contributed by atoms with Gasteiger partial charge in [-0.15, -0.1) is 0 Å². The van der Waals surface area contributed by atoms with E-state index in [4.69, 9.17) is 5.73 Å². The number of nitrogens with zero attached hydrogens (tertiary/aromatic N) is 2. The van der Waals surface area contributed by atoms with Crippen LogP contribution in [0.3, 0.4) is 0 Å². The summed E-state index contributed by atoms with van der Waals surface area (Å²) in [6, 6.07) is 0.383. The predicted molar refractivity (Wildman–Crippen MR) is 53.6 cm³/mol. The largest absolute Gasteiger partial charge is 0.433 e. The lowest BCUT2D eigenvalue weighted by Gasteiger charge is -2.12. The highest BCUT2D eigenvalue weighted by Crippen LogP contribution is 2.28. The minimum absolute atomic E-state index is 0.0641. The molecule has 0 amide bonds. The van der Waals surface area contributed by atoms with Crippen molar-refractivity contribution in [3.8, 4) is 0 Å². The summed E-state index contributed by atoms with van der Waals surface area (Å²) in [7, 11) is 0. The molecule has 6 heteroatoms. The third-order valence-corrected chi connectivity index (χ3v) is 2.09. The molecule has 1 aromatic rings. The Morgan fingerprint density at radius 2 is 2.00 bits per heavy atom. The molecule has 1 atom stereocenters. The summed E-state index contributed by atoms with van der Waals surface area (Å²) in [5, 5.41) is 0. The van der Waals surface area contributed by atoms with Crippen molar-refractivity contribution in [3.63, 3.8) is 0 Å². The molecule has 1 unspecified atom stereocenters. The fraction of sp³-hybridized carbons (Fsp3) is 0.600. The summed E-state index contributed by atoms with van der Waals surface area (Å²) in [5.41, 5.74) is 5.05. The van der Waals surface area contributed by atoms with E-state index in [-0.39, 0.29) is 11.5 Å². The summed E-state index contributed by atoms with van der Waals surface area (Å²) in [4.78, 5) is 7.39. The van der Waals surface area contributed by atoms with Crippen molar-refractivity contribution in [2.75, 3.05) is 0 Å². The van der Waals surface area contributed by atoms with Crippen molar-refractivity contribution < 1.29 is 13.2 Å². The van der Waals surface area contributed by atoms with Crippen LogP contribution in [0.1, 0.15) is 43.0 Å². The fourth-order valence-corrected chi connectivity index (χ4v) is 1.34. The third kappa shape index (κ3) is 3.16. The first kappa shape index (κ1) is 12.9. The highest BCUT2D eigenvalue weighted by Gasteiger charge is 2.33.